The summed E-state index contributed by atoms with van der Waals surface area (Å²) < 4.78 is 65.2. The van der Waals surface area contributed by atoms with Crippen LogP contribution in [-0.4, -0.2) is 30.8 Å². The molecule has 0 radical (unpaired) electrons. The van der Waals surface area contributed by atoms with E-state index in [2.05, 4.69) is 10.2 Å². The largest absolute Gasteiger partial charge is 0.429 e. The average molecular weight is 746 g/mol. The van der Waals surface area contributed by atoms with Gasteiger partial charge in [-0.2, -0.15) is 0 Å². The number of rotatable bonds is 9. The van der Waals surface area contributed by atoms with Crippen LogP contribution in [0.15, 0.2) is 146 Å². The van der Waals surface area contributed by atoms with Gasteiger partial charge < -0.3 is 13.6 Å². The molecular weight excluding hydrogens is 711 g/mol. The summed E-state index contributed by atoms with van der Waals surface area (Å²) in [5.41, 5.74) is 5.10. The fourth-order valence-electron chi connectivity index (χ4n) is 7.20. The molecule has 0 saturated carbocycles. The molecule has 9 rings (SSSR count). The summed E-state index contributed by atoms with van der Waals surface area (Å²) in [6.45, 7) is 0.624. The number of para-hydroxylation sites is 3. The van der Waals surface area contributed by atoms with E-state index in [-0.39, 0.29) is 26.2 Å². The molecule has 0 aromatic heterocycles. The summed E-state index contributed by atoms with van der Waals surface area (Å²) in [5.74, 6) is 1.58. The number of nitrogens with one attached hydrogen (secondary N) is 2. The first-order valence-corrected chi connectivity index (χ1v) is 21.9. The molecule has 0 bridgehead atoms. The zero-order valence-electron chi connectivity index (χ0n) is 27.9. The van der Waals surface area contributed by atoms with Gasteiger partial charge in [-0.05, 0) is 36.4 Å². The Morgan fingerprint density at radius 3 is 1.17 bits per heavy atom. The molecule has 3 heterocycles. The van der Waals surface area contributed by atoms with Crippen LogP contribution in [0.1, 0.15) is 0 Å². The van der Waals surface area contributed by atoms with E-state index in [9.17, 15) is 9.13 Å². The van der Waals surface area contributed by atoms with Gasteiger partial charge in [0.25, 0.3) is 0 Å². The minimum atomic E-state index is -3.78. The van der Waals surface area contributed by atoms with Crippen LogP contribution in [0, 0.1) is 0 Å². The second-order valence-corrected chi connectivity index (χ2v) is 19.1. The lowest BCUT2D eigenvalue weighted by Crippen LogP contribution is -2.41. The highest BCUT2D eigenvalue weighted by atomic mass is 31.2. The molecule has 9 nitrogen and oxygen atoms in total. The zero-order valence-corrected chi connectivity index (χ0v) is 30.6. The monoisotopic (exact) mass is 745 g/mol. The van der Waals surface area contributed by atoms with Crippen molar-refractivity contribution in [1.82, 2.24) is 14.8 Å². The molecule has 0 amide bonds. The van der Waals surface area contributed by atoms with Crippen molar-refractivity contribution in [3.05, 3.63) is 146 Å². The third-order valence-corrected chi connectivity index (χ3v) is 16.4. The third-order valence-electron chi connectivity index (χ3n) is 9.61. The predicted octanol–water partition coefficient (Wildman–Crippen LogP) is 8.20. The topological polar surface area (TPSA) is 106 Å². The van der Waals surface area contributed by atoms with Crippen molar-refractivity contribution in [3.63, 3.8) is 0 Å². The van der Waals surface area contributed by atoms with E-state index in [4.69, 9.17) is 13.6 Å². The smallest absolute Gasteiger partial charge is 0.350 e. The van der Waals surface area contributed by atoms with E-state index in [0.29, 0.717) is 33.2 Å². The molecule has 3 aliphatic rings. The van der Waals surface area contributed by atoms with Crippen molar-refractivity contribution in [2.75, 3.05) is 26.2 Å². The summed E-state index contributed by atoms with van der Waals surface area (Å²) in [6.07, 6.45) is 0. The molecule has 260 valence electrons. The Balaban J connectivity index is 1.03. The summed E-state index contributed by atoms with van der Waals surface area (Å²) in [5, 5.41) is 8.14. The molecule has 52 heavy (non-hydrogen) atoms. The van der Waals surface area contributed by atoms with Gasteiger partial charge in [0.05, 0.1) is 15.9 Å². The summed E-state index contributed by atoms with van der Waals surface area (Å²) in [4.78, 5) is 0. The van der Waals surface area contributed by atoms with Crippen LogP contribution in [0.3, 0.4) is 0 Å². The Morgan fingerprint density at radius 1 is 0.404 bits per heavy atom. The first-order valence-electron chi connectivity index (χ1n) is 17.1. The molecule has 3 atom stereocenters. The molecule has 6 aromatic carbocycles. The van der Waals surface area contributed by atoms with Gasteiger partial charge in [-0.25, -0.2) is 14.8 Å². The van der Waals surface area contributed by atoms with Crippen molar-refractivity contribution in [1.29, 1.82) is 0 Å². The summed E-state index contributed by atoms with van der Waals surface area (Å²) in [7, 11) is -11.0. The molecule has 0 saturated heterocycles. The standard InChI is InChI=1S/C40H34N3O6P3/c44-50(38-22-10-4-16-32(38)29-13-1-7-19-35(29)47-50)41-25-27-43(52(46)40-24-12-6-18-34(40)31-15-3-9-21-37(31)49-52)28-26-42-51(45)39-23-11-5-17-33(39)30-14-2-8-20-36(30)48-51/h1-24H,25-28H2,(H,41,44)(H,42,45). The van der Waals surface area contributed by atoms with Gasteiger partial charge in [-0.15, -0.1) is 0 Å². The normalized spacial score (nSPS) is 21.9. The van der Waals surface area contributed by atoms with Crippen LogP contribution in [-0.2, 0) is 13.7 Å². The van der Waals surface area contributed by atoms with Crippen molar-refractivity contribution >= 4 is 38.5 Å². The number of hydrogen-bond donors (Lipinski definition) is 2. The SMILES string of the molecule is O=P1(NCCN(CCNP2(=O)Oc3ccccc3-c3ccccc32)P2(=O)Oc3ccccc3-c3ccccc32)Oc2ccccc2-c2ccccc21. The van der Waals surface area contributed by atoms with E-state index in [0.717, 1.165) is 33.4 Å². The van der Waals surface area contributed by atoms with E-state index < -0.39 is 22.6 Å². The first kappa shape index (κ1) is 33.1. The second-order valence-electron chi connectivity index (χ2n) is 12.7. The van der Waals surface area contributed by atoms with Crippen LogP contribution in [0.25, 0.3) is 33.4 Å². The van der Waals surface area contributed by atoms with Gasteiger partial charge in [-0.1, -0.05) is 109 Å². The number of fused-ring (bicyclic) bond motifs is 9. The maximum absolute atomic E-state index is 15.4. The van der Waals surface area contributed by atoms with Gasteiger partial charge in [0.1, 0.15) is 17.2 Å². The molecular formula is C40H34N3O6P3. The zero-order chi connectivity index (χ0) is 35.3. The fourth-order valence-corrected chi connectivity index (χ4v) is 13.6. The molecule has 6 aromatic rings. The number of hydrogen-bond acceptors (Lipinski definition) is 6. The van der Waals surface area contributed by atoms with Crippen LogP contribution < -0.4 is 39.7 Å². The Morgan fingerprint density at radius 2 is 0.731 bits per heavy atom. The van der Waals surface area contributed by atoms with Crippen molar-refractivity contribution in [2.24, 2.45) is 0 Å². The molecule has 12 heteroatoms. The maximum Gasteiger partial charge on any atom is 0.350 e. The van der Waals surface area contributed by atoms with E-state index >= 15 is 4.57 Å². The summed E-state index contributed by atoms with van der Waals surface area (Å²) >= 11 is 0. The minimum Gasteiger partial charge on any atom is -0.429 e. The van der Waals surface area contributed by atoms with E-state index in [1.54, 1.807) is 4.67 Å². The first-order chi connectivity index (χ1) is 25.4. The van der Waals surface area contributed by atoms with Gasteiger partial charge in [0.2, 0.25) is 0 Å². The maximum atomic E-state index is 15.4. The van der Waals surface area contributed by atoms with Gasteiger partial charge >= 0.3 is 22.6 Å². The van der Waals surface area contributed by atoms with Gasteiger partial charge in [0.15, 0.2) is 0 Å². The average Bonchev–Trinajstić information content (AvgIpc) is 3.18. The Labute approximate surface area is 302 Å². The molecule has 2 N–H and O–H groups in total. The van der Waals surface area contributed by atoms with E-state index in [1.165, 1.54) is 0 Å². The van der Waals surface area contributed by atoms with Gasteiger partial charge in [0, 0.05) is 59.6 Å². The van der Waals surface area contributed by atoms with Crippen LogP contribution in [0.5, 0.6) is 17.2 Å². The highest BCUT2D eigenvalue weighted by molar-refractivity contribution is 7.66. The summed E-state index contributed by atoms with van der Waals surface area (Å²) in [6, 6.07) is 45.2. The highest BCUT2D eigenvalue weighted by Gasteiger charge is 2.43. The molecule has 0 spiro atoms. The van der Waals surface area contributed by atoms with Crippen LogP contribution >= 0.6 is 22.6 Å². The Kier molecular flexibility index (Phi) is 8.32. The second kappa shape index (κ2) is 13.1. The van der Waals surface area contributed by atoms with Gasteiger partial charge in [-0.3, -0.25) is 13.7 Å². The number of nitrogens with zero attached hydrogens (tertiary/aromatic N) is 1. The lowest BCUT2D eigenvalue weighted by molar-refractivity contribution is 0.359. The third kappa shape index (κ3) is 5.57. The van der Waals surface area contributed by atoms with E-state index in [1.807, 2.05) is 146 Å². The van der Waals surface area contributed by atoms with Crippen LogP contribution in [0.2, 0.25) is 0 Å². The molecule has 0 fully saturated rings. The molecule has 3 unspecified atom stereocenters. The van der Waals surface area contributed by atoms with Crippen molar-refractivity contribution in [3.8, 4) is 50.6 Å². The fraction of sp³-hybridized carbons (Fsp3) is 0.100. The van der Waals surface area contributed by atoms with Crippen molar-refractivity contribution in [2.45, 2.75) is 0 Å². The quantitative estimate of drug-likeness (QED) is 0.142. The Hall–Kier alpha value is -4.71. The predicted molar refractivity (Wildman–Crippen MR) is 207 cm³/mol. The molecule has 3 aliphatic heterocycles. The Bertz CT molecular complexity index is 2390. The highest BCUT2D eigenvalue weighted by Crippen LogP contribution is 2.58. The molecule has 0 aliphatic carbocycles. The van der Waals surface area contributed by atoms with Crippen molar-refractivity contribution < 1.29 is 27.3 Å². The lowest BCUT2D eigenvalue weighted by atomic mass is 10.0. The minimum absolute atomic E-state index is 0.148. The van der Waals surface area contributed by atoms with Crippen LogP contribution in [0.4, 0.5) is 0 Å². The lowest BCUT2D eigenvalue weighted by Gasteiger charge is -2.37. The number of benzene rings is 6.